The lowest BCUT2D eigenvalue weighted by Crippen LogP contribution is -2.40. The van der Waals surface area contributed by atoms with Crippen LogP contribution in [0.4, 0.5) is 0 Å². The Morgan fingerprint density at radius 2 is 2.11 bits per heavy atom. The Labute approximate surface area is 115 Å². The van der Waals surface area contributed by atoms with E-state index in [4.69, 9.17) is 17.3 Å². The molecule has 0 aromatic heterocycles. The van der Waals surface area contributed by atoms with E-state index in [9.17, 15) is 0 Å². The second-order valence-corrected chi connectivity index (χ2v) is 5.98. The molecular weight excluding hydrogens is 244 g/mol. The molecule has 0 saturated heterocycles. The first-order chi connectivity index (χ1) is 8.61. The zero-order valence-electron chi connectivity index (χ0n) is 11.3. The van der Waals surface area contributed by atoms with Gasteiger partial charge in [-0.2, -0.15) is 0 Å². The van der Waals surface area contributed by atoms with Gasteiger partial charge in [0.05, 0.1) is 0 Å². The minimum absolute atomic E-state index is 0.282. The van der Waals surface area contributed by atoms with E-state index in [1.165, 1.54) is 18.4 Å². The minimum atomic E-state index is 0.282. The third-order valence-corrected chi connectivity index (χ3v) is 3.92. The fraction of sp³-hybridized carbons (Fsp3) is 0.600. The second kappa shape index (κ2) is 6.05. The Morgan fingerprint density at radius 3 is 2.61 bits per heavy atom. The van der Waals surface area contributed by atoms with Crippen molar-refractivity contribution >= 4 is 11.6 Å². The maximum Gasteiger partial charge on any atom is 0.0473 e. The normalized spacial score (nSPS) is 17.4. The van der Waals surface area contributed by atoms with E-state index in [1.54, 1.807) is 0 Å². The summed E-state index contributed by atoms with van der Waals surface area (Å²) in [5, 5.41) is 0.793. The molecule has 18 heavy (non-hydrogen) atoms. The van der Waals surface area contributed by atoms with Crippen LogP contribution in [-0.2, 0) is 0 Å². The Morgan fingerprint density at radius 1 is 1.39 bits per heavy atom. The highest BCUT2D eigenvalue weighted by molar-refractivity contribution is 6.30. The molecule has 0 amide bonds. The molecule has 1 aliphatic carbocycles. The summed E-state index contributed by atoms with van der Waals surface area (Å²) in [4.78, 5) is 2.52. The molecule has 1 aromatic rings. The minimum Gasteiger partial charge on any atom is -0.329 e. The molecule has 0 aliphatic heterocycles. The van der Waals surface area contributed by atoms with Crippen LogP contribution in [0.1, 0.15) is 38.3 Å². The van der Waals surface area contributed by atoms with Crippen LogP contribution in [-0.4, -0.2) is 24.0 Å². The predicted octanol–water partition coefficient (Wildman–Crippen LogP) is 3.46. The Hall–Kier alpha value is -0.570. The highest BCUT2D eigenvalue weighted by atomic mass is 35.5. The SMILES string of the molecule is CC(C)N(CC1CC1)C(CN)c1cccc(Cl)c1. The standard InChI is InChI=1S/C15H23ClN2/c1-11(2)18(10-12-6-7-12)15(9-17)13-4-3-5-14(16)8-13/h3-5,8,11-12,15H,6-7,9-10,17H2,1-2H3. The molecule has 0 heterocycles. The highest BCUT2D eigenvalue weighted by Gasteiger charge is 2.29. The van der Waals surface area contributed by atoms with Crippen molar-refractivity contribution in [1.29, 1.82) is 0 Å². The number of rotatable bonds is 6. The van der Waals surface area contributed by atoms with Crippen molar-refractivity contribution in [2.45, 2.75) is 38.8 Å². The number of hydrogen-bond acceptors (Lipinski definition) is 2. The first-order valence-corrected chi connectivity index (χ1v) is 7.21. The molecule has 1 unspecified atom stereocenters. The Balaban J connectivity index is 2.18. The van der Waals surface area contributed by atoms with Gasteiger partial charge in [0, 0.05) is 30.2 Å². The predicted molar refractivity (Wildman–Crippen MR) is 77.8 cm³/mol. The number of benzene rings is 1. The molecule has 0 spiro atoms. The molecule has 1 atom stereocenters. The summed E-state index contributed by atoms with van der Waals surface area (Å²) in [5.74, 6) is 0.876. The number of nitrogens with zero attached hydrogens (tertiary/aromatic N) is 1. The molecule has 2 N–H and O–H groups in total. The molecule has 0 bridgehead atoms. The van der Waals surface area contributed by atoms with Crippen LogP contribution in [0.15, 0.2) is 24.3 Å². The zero-order valence-corrected chi connectivity index (χ0v) is 12.0. The Bertz CT molecular complexity index is 388. The van der Waals surface area contributed by atoms with Gasteiger partial charge < -0.3 is 5.73 Å². The van der Waals surface area contributed by atoms with Gasteiger partial charge in [0.15, 0.2) is 0 Å². The fourth-order valence-corrected chi connectivity index (χ4v) is 2.67. The van der Waals surface area contributed by atoms with Gasteiger partial charge in [-0.1, -0.05) is 23.7 Å². The van der Waals surface area contributed by atoms with Gasteiger partial charge >= 0.3 is 0 Å². The van der Waals surface area contributed by atoms with E-state index in [1.807, 2.05) is 18.2 Å². The van der Waals surface area contributed by atoms with Gasteiger partial charge in [-0.3, -0.25) is 4.90 Å². The molecule has 0 radical (unpaired) electrons. The van der Waals surface area contributed by atoms with E-state index >= 15 is 0 Å². The summed E-state index contributed by atoms with van der Waals surface area (Å²) in [5.41, 5.74) is 7.24. The van der Waals surface area contributed by atoms with Crippen molar-refractivity contribution in [3.8, 4) is 0 Å². The Kier molecular flexibility index (Phi) is 4.66. The third kappa shape index (κ3) is 3.47. The molecule has 2 rings (SSSR count). The van der Waals surface area contributed by atoms with Crippen LogP contribution in [0, 0.1) is 5.92 Å². The van der Waals surface area contributed by atoms with Gasteiger partial charge in [-0.05, 0) is 50.3 Å². The van der Waals surface area contributed by atoms with Crippen LogP contribution in [0.5, 0.6) is 0 Å². The highest BCUT2D eigenvalue weighted by Crippen LogP contribution is 2.34. The van der Waals surface area contributed by atoms with Gasteiger partial charge in [0.1, 0.15) is 0 Å². The van der Waals surface area contributed by atoms with Crippen LogP contribution in [0.25, 0.3) is 0 Å². The lowest BCUT2D eigenvalue weighted by Gasteiger charge is -2.35. The monoisotopic (exact) mass is 266 g/mol. The lowest BCUT2D eigenvalue weighted by atomic mass is 10.0. The molecular formula is C15H23ClN2. The molecule has 1 aromatic carbocycles. The van der Waals surface area contributed by atoms with E-state index in [-0.39, 0.29) is 6.04 Å². The fourth-order valence-electron chi connectivity index (χ4n) is 2.47. The second-order valence-electron chi connectivity index (χ2n) is 5.54. The topological polar surface area (TPSA) is 29.3 Å². The van der Waals surface area contributed by atoms with Gasteiger partial charge in [0.2, 0.25) is 0 Å². The maximum absolute atomic E-state index is 6.09. The largest absolute Gasteiger partial charge is 0.329 e. The first-order valence-electron chi connectivity index (χ1n) is 6.83. The molecule has 1 fully saturated rings. The number of nitrogens with two attached hydrogens (primary N) is 1. The summed E-state index contributed by atoms with van der Waals surface area (Å²) < 4.78 is 0. The third-order valence-electron chi connectivity index (χ3n) is 3.69. The number of halogens is 1. The van der Waals surface area contributed by atoms with E-state index < -0.39 is 0 Å². The lowest BCUT2D eigenvalue weighted by molar-refractivity contribution is 0.149. The van der Waals surface area contributed by atoms with Gasteiger partial charge in [-0.25, -0.2) is 0 Å². The smallest absolute Gasteiger partial charge is 0.0473 e. The summed E-state index contributed by atoms with van der Waals surface area (Å²) in [6.45, 7) is 6.29. The summed E-state index contributed by atoms with van der Waals surface area (Å²) >= 11 is 6.09. The van der Waals surface area contributed by atoms with Crippen LogP contribution >= 0.6 is 11.6 Å². The van der Waals surface area contributed by atoms with Gasteiger partial charge in [-0.15, -0.1) is 0 Å². The summed E-state index contributed by atoms with van der Waals surface area (Å²) in [7, 11) is 0. The van der Waals surface area contributed by atoms with Crippen molar-refractivity contribution in [3.63, 3.8) is 0 Å². The molecule has 1 saturated carbocycles. The molecule has 100 valence electrons. The average Bonchev–Trinajstić information content (AvgIpc) is 3.12. The quantitative estimate of drug-likeness (QED) is 0.854. The average molecular weight is 267 g/mol. The van der Waals surface area contributed by atoms with Crippen LogP contribution in [0.2, 0.25) is 5.02 Å². The van der Waals surface area contributed by atoms with Gasteiger partial charge in [0.25, 0.3) is 0 Å². The van der Waals surface area contributed by atoms with Crippen molar-refractivity contribution in [3.05, 3.63) is 34.9 Å². The van der Waals surface area contributed by atoms with Crippen molar-refractivity contribution < 1.29 is 0 Å². The van der Waals surface area contributed by atoms with E-state index in [0.29, 0.717) is 12.6 Å². The molecule has 3 heteroatoms. The van der Waals surface area contributed by atoms with Crippen LogP contribution < -0.4 is 5.73 Å². The summed E-state index contributed by atoms with van der Waals surface area (Å²) in [6, 6.07) is 8.89. The van der Waals surface area contributed by atoms with Crippen molar-refractivity contribution in [1.82, 2.24) is 4.90 Å². The van der Waals surface area contributed by atoms with E-state index in [0.717, 1.165) is 17.5 Å². The molecule has 2 nitrogen and oxygen atoms in total. The van der Waals surface area contributed by atoms with Crippen molar-refractivity contribution in [2.24, 2.45) is 11.7 Å². The molecule has 1 aliphatic rings. The number of hydrogen-bond donors (Lipinski definition) is 1. The zero-order chi connectivity index (χ0) is 13.1. The maximum atomic E-state index is 6.09. The summed E-state index contributed by atoms with van der Waals surface area (Å²) in [6.07, 6.45) is 2.74. The van der Waals surface area contributed by atoms with Crippen molar-refractivity contribution in [2.75, 3.05) is 13.1 Å². The van der Waals surface area contributed by atoms with Crippen LogP contribution in [0.3, 0.4) is 0 Å². The first kappa shape index (κ1) is 13.9. The van der Waals surface area contributed by atoms with E-state index in [2.05, 4.69) is 24.8 Å².